The summed E-state index contributed by atoms with van der Waals surface area (Å²) in [4.78, 5) is 11.7. The molecule has 98 valence electrons. The van der Waals surface area contributed by atoms with Crippen LogP contribution in [0, 0.1) is 5.92 Å². The minimum atomic E-state index is -0.103. The van der Waals surface area contributed by atoms with E-state index in [0.717, 1.165) is 5.92 Å². The molecule has 1 fully saturated rings. The van der Waals surface area contributed by atoms with Gasteiger partial charge in [0, 0.05) is 12.6 Å². The van der Waals surface area contributed by atoms with Crippen LogP contribution in [0.1, 0.15) is 46.0 Å². The van der Waals surface area contributed by atoms with E-state index >= 15 is 0 Å². The second-order valence-electron chi connectivity index (χ2n) is 5.23. The maximum absolute atomic E-state index is 11.7. The van der Waals surface area contributed by atoms with Crippen molar-refractivity contribution >= 4 is 5.91 Å². The molecule has 0 aromatic rings. The number of carbonyl (C=O) groups excluding carboxylic acids is 1. The van der Waals surface area contributed by atoms with E-state index in [1.54, 1.807) is 6.08 Å². The van der Waals surface area contributed by atoms with Gasteiger partial charge in [-0.1, -0.05) is 25.8 Å². The van der Waals surface area contributed by atoms with Gasteiger partial charge < -0.3 is 10.6 Å². The molecule has 1 aliphatic carbocycles. The first-order chi connectivity index (χ1) is 8.13. The van der Waals surface area contributed by atoms with Crippen molar-refractivity contribution in [2.45, 2.75) is 58.0 Å². The molecule has 0 spiro atoms. The summed E-state index contributed by atoms with van der Waals surface area (Å²) in [6, 6.07) is 0.401. The van der Waals surface area contributed by atoms with E-state index in [1.165, 1.54) is 32.1 Å². The van der Waals surface area contributed by atoms with E-state index in [9.17, 15) is 4.79 Å². The standard InChI is InChI=1S/C14H26N2O/c1-4-10-15-14(17)12(3)16-13-7-5-6-11(2)8-9-13/h4,11-13,16H,1,5-10H2,2-3H3,(H,15,17). The lowest BCUT2D eigenvalue weighted by Crippen LogP contribution is -2.46. The third-order valence-electron chi connectivity index (χ3n) is 3.56. The summed E-state index contributed by atoms with van der Waals surface area (Å²) < 4.78 is 0. The first-order valence-electron chi connectivity index (χ1n) is 6.78. The van der Waals surface area contributed by atoms with E-state index in [1.807, 2.05) is 6.92 Å². The van der Waals surface area contributed by atoms with Crippen molar-refractivity contribution < 1.29 is 4.79 Å². The summed E-state index contributed by atoms with van der Waals surface area (Å²) in [5.74, 6) is 0.911. The topological polar surface area (TPSA) is 41.1 Å². The highest BCUT2D eigenvalue weighted by molar-refractivity contribution is 5.81. The Morgan fingerprint density at radius 1 is 1.41 bits per heavy atom. The van der Waals surface area contributed by atoms with E-state index in [-0.39, 0.29) is 11.9 Å². The molecule has 0 aliphatic heterocycles. The Balaban J connectivity index is 2.31. The molecule has 0 aromatic heterocycles. The Labute approximate surface area is 105 Å². The summed E-state index contributed by atoms with van der Waals surface area (Å²) in [6.07, 6.45) is 7.98. The SMILES string of the molecule is C=CCNC(=O)C(C)NC1CCCC(C)CC1. The normalized spacial score (nSPS) is 26.9. The van der Waals surface area contributed by atoms with Crippen molar-refractivity contribution in [1.82, 2.24) is 10.6 Å². The summed E-state index contributed by atoms with van der Waals surface area (Å²) in [6.45, 7) is 8.40. The molecule has 0 saturated heterocycles. The van der Waals surface area contributed by atoms with Gasteiger partial charge in [0.25, 0.3) is 0 Å². The Kier molecular flexibility index (Phi) is 6.27. The molecule has 3 atom stereocenters. The number of hydrogen-bond donors (Lipinski definition) is 2. The highest BCUT2D eigenvalue weighted by atomic mass is 16.2. The molecule has 0 radical (unpaired) electrons. The molecule has 17 heavy (non-hydrogen) atoms. The van der Waals surface area contributed by atoms with Gasteiger partial charge in [0.15, 0.2) is 0 Å². The van der Waals surface area contributed by atoms with Crippen LogP contribution in [0.5, 0.6) is 0 Å². The van der Waals surface area contributed by atoms with Crippen molar-refractivity contribution in [3.63, 3.8) is 0 Å². The number of hydrogen-bond acceptors (Lipinski definition) is 2. The van der Waals surface area contributed by atoms with Gasteiger partial charge in [-0.2, -0.15) is 0 Å². The summed E-state index contributed by atoms with van der Waals surface area (Å²) >= 11 is 0. The largest absolute Gasteiger partial charge is 0.351 e. The fraction of sp³-hybridized carbons (Fsp3) is 0.786. The molecule has 0 bridgehead atoms. The number of nitrogens with one attached hydrogen (secondary N) is 2. The maximum Gasteiger partial charge on any atom is 0.237 e. The molecule has 1 saturated carbocycles. The van der Waals surface area contributed by atoms with Gasteiger partial charge in [-0.15, -0.1) is 6.58 Å². The lowest BCUT2D eigenvalue weighted by atomic mass is 10.0. The molecule has 1 amide bonds. The average Bonchev–Trinajstić information content (AvgIpc) is 2.51. The minimum Gasteiger partial charge on any atom is -0.351 e. The van der Waals surface area contributed by atoms with Crippen molar-refractivity contribution in [2.24, 2.45) is 5.92 Å². The molecule has 1 rings (SSSR count). The molecular formula is C14H26N2O. The van der Waals surface area contributed by atoms with Crippen molar-refractivity contribution in [3.05, 3.63) is 12.7 Å². The molecule has 3 unspecified atom stereocenters. The first kappa shape index (κ1) is 14.2. The van der Waals surface area contributed by atoms with Gasteiger partial charge in [0.2, 0.25) is 5.91 Å². The zero-order valence-electron chi connectivity index (χ0n) is 11.2. The fourth-order valence-corrected chi connectivity index (χ4v) is 2.41. The van der Waals surface area contributed by atoms with Crippen LogP contribution >= 0.6 is 0 Å². The van der Waals surface area contributed by atoms with E-state index in [4.69, 9.17) is 0 Å². The molecule has 1 aliphatic rings. The summed E-state index contributed by atoms with van der Waals surface area (Å²) in [7, 11) is 0. The maximum atomic E-state index is 11.7. The van der Waals surface area contributed by atoms with Gasteiger partial charge in [-0.25, -0.2) is 0 Å². The zero-order valence-corrected chi connectivity index (χ0v) is 11.2. The van der Waals surface area contributed by atoms with Crippen molar-refractivity contribution in [1.29, 1.82) is 0 Å². The Hall–Kier alpha value is -0.830. The average molecular weight is 238 g/mol. The Morgan fingerprint density at radius 3 is 2.88 bits per heavy atom. The number of amides is 1. The summed E-state index contributed by atoms with van der Waals surface area (Å²) in [5.41, 5.74) is 0. The number of rotatable bonds is 5. The van der Waals surface area contributed by atoms with Crippen LogP contribution in [0.15, 0.2) is 12.7 Å². The Morgan fingerprint density at radius 2 is 2.18 bits per heavy atom. The monoisotopic (exact) mass is 238 g/mol. The van der Waals surface area contributed by atoms with Crippen molar-refractivity contribution in [2.75, 3.05) is 6.54 Å². The smallest absolute Gasteiger partial charge is 0.237 e. The fourth-order valence-electron chi connectivity index (χ4n) is 2.41. The lowest BCUT2D eigenvalue weighted by Gasteiger charge is -2.21. The molecule has 0 aromatic carbocycles. The predicted molar refractivity (Wildman–Crippen MR) is 71.8 cm³/mol. The van der Waals surface area contributed by atoms with Crippen LogP contribution < -0.4 is 10.6 Å². The summed E-state index contributed by atoms with van der Waals surface area (Å²) in [5, 5.41) is 6.27. The van der Waals surface area contributed by atoms with Crippen LogP contribution in [-0.2, 0) is 4.79 Å². The second kappa shape index (κ2) is 7.49. The van der Waals surface area contributed by atoms with Crippen molar-refractivity contribution in [3.8, 4) is 0 Å². The Bertz CT molecular complexity index is 253. The highest BCUT2D eigenvalue weighted by Crippen LogP contribution is 2.22. The van der Waals surface area contributed by atoms with Crippen LogP contribution in [-0.4, -0.2) is 24.5 Å². The van der Waals surface area contributed by atoms with Crippen LogP contribution in [0.25, 0.3) is 0 Å². The molecule has 2 N–H and O–H groups in total. The van der Waals surface area contributed by atoms with Crippen LogP contribution in [0.2, 0.25) is 0 Å². The second-order valence-corrected chi connectivity index (χ2v) is 5.23. The van der Waals surface area contributed by atoms with E-state index in [0.29, 0.717) is 12.6 Å². The third kappa shape index (κ3) is 5.35. The quantitative estimate of drug-likeness (QED) is 0.569. The predicted octanol–water partition coefficient (Wildman–Crippen LogP) is 2.24. The number of carbonyl (C=O) groups is 1. The lowest BCUT2D eigenvalue weighted by molar-refractivity contribution is -0.122. The van der Waals surface area contributed by atoms with Gasteiger partial charge in [-0.3, -0.25) is 4.79 Å². The van der Waals surface area contributed by atoms with E-state index < -0.39 is 0 Å². The van der Waals surface area contributed by atoms with Crippen LogP contribution in [0.4, 0.5) is 0 Å². The van der Waals surface area contributed by atoms with Gasteiger partial charge in [0.05, 0.1) is 6.04 Å². The first-order valence-corrected chi connectivity index (χ1v) is 6.78. The molecule has 3 nitrogen and oxygen atoms in total. The van der Waals surface area contributed by atoms with Crippen LogP contribution in [0.3, 0.4) is 0 Å². The zero-order chi connectivity index (χ0) is 12.7. The molecular weight excluding hydrogens is 212 g/mol. The van der Waals surface area contributed by atoms with Gasteiger partial charge >= 0.3 is 0 Å². The van der Waals surface area contributed by atoms with E-state index in [2.05, 4.69) is 24.1 Å². The molecule has 0 heterocycles. The molecule has 3 heteroatoms. The van der Waals surface area contributed by atoms with Gasteiger partial charge in [-0.05, 0) is 32.1 Å². The van der Waals surface area contributed by atoms with Gasteiger partial charge in [0.1, 0.15) is 0 Å². The third-order valence-corrected chi connectivity index (χ3v) is 3.56. The minimum absolute atomic E-state index is 0.0715. The highest BCUT2D eigenvalue weighted by Gasteiger charge is 2.20.